The lowest BCUT2D eigenvalue weighted by Gasteiger charge is -2.41. The number of amides is 1. The van der Waals surface area contributed by atoms with Gasteiger partial charge in [0.05, 0.1) is 18.8 Å². The van der Waals surface area contributed by atoms with E-state index in [1.165, 1.54) is 8.61 Å². The standard InChI is InChI=1S/C14H27N3O4S/c1-12(2)9-15-5-6-16(10-13(15)18)22(19,20)17-7-8-21-14(3,4)11-17/h12H,5-11H2,1-4H3. The van der Waals surface area contributed by atoms with Gasteiger partial charge in [0.15, 0.2) is 0 Å². The molecule has 2 aliphatic rings. The Labute approximate surface area is 133 Å². The molecule has 0 aromatic carbocycles. The Hall–Kier alpha value is -0.700. The summed E-state index contributed by atoms with van der Waals surface area (Å²) >= 11 is 0. The van der Waals surface area contributed by atoms with Crippen LogP contribution in [0.5, 0.6) is 0 Å². The van der Waals surface area contributed by atoms with Crippen molar-refractivity contribution in [2.75, 3.05) is 45.9 Å². The van der Waals surface area contributed by atoms with Gasteiger partial charge in [-0.05, 0) is 19.8 Å². The van der Waals surface area contributed by atoms with Gasteiger partial charge in [0, 0.05) is 32.7 Å². The Morgan fingerprint density at radius 2 is 1.86 bits per heavy atom. The Morgan fingerprint density at radius 3 is 2.41 bits per heavy atom. The van der Waals surface area contributed by atoms with Gasteiger partial charge in [-0.15, -0.1) is 0 Å². The Morgan fingerprint density at radius 1 is 1.18 bits per heavy atom. The van der Waals surface area contributed by atoms with E-state index in [-0.39, 0.29) is 12.5 Å². The van der Waals surface area contributed by atoms with E-state index in [0.29, 0.717) is 45.2 Å². The fourth-order valence-electron chi connectivity index (χ4n) is 2.85. The maximum atomic E-state index is 12.7. The molecule has 2 rings (SSSR count). The van der Waals surface area contributed by atoms with Gasteiger partial charge >= 0.3 is 0 Å². The number of rotatable bonds is 4. The minimum atomic E-state index is -3.60. The lowest BCUT2D eigenvalue weighted by atomic mass is 10.1. The normalized spacial score (nSPS) is 25.0. The zero-order chi connectivity index (χ0) is 16.5. The van der Waals surface area contributed by atoms with Gasteiger partial charge < -0.3 is 9.64 Å². The Kier molecular flexibility index (Phi) is 5.16. The van der Waals surface area contributed by atoms with Crippen molar-refractivity contribution < 1.29 is 17.9 Å². The molecule has 8 heteroatoms. The van der Waals surface area contributed by atoms with Crippen molar-refractivity contribution in [3.05, 3.63) is 0 Å². The monoisotopic (exact) mass is 333 g/mol. The highest BCUT2D eigenvalue weighted by molar-refractivity contribution is 7.86. The summed E-state index contributed by atoms with van der Waals surface area (Å²) in [6.07, 6.45) is 0. The van der Waals surface area contributed by atoms with Crippen LogP contribution in [0.4, 0.5) is 0 Å². The van der Waals surface area contributed by atoms with Gasteiger partial charge in [0.2, 0.25) is 5.91 Å². The van der Waals surface area contributed by atoms with Crippen LogP contribution in [0.15, 0.2) is 0 Å². The highest BCUT2D eigenvalue weighted by Gasteiger charge is 2.40. The second-order valence-electron chi connectivity index (χ2n) is 7.02. The Balaban J connectivity index is 2.04. The smallest absolute Gasteiger partial charge is 0.282 e. The van der Waals surface area contributed by atoms with Crippen molar-refractivity contribution in [1.29, 1.82) is 0 Å². The molecule has 0 aliphatic carbocycles. The third kappa shape index (κ3) is 3.98. The molecule has 0 bridgehead atoms. The molecule has 0 saturated carbocycles. The maximum absolute atomic E-state index is 12.7. The highest BCUT2D eigenvalue weighted by atomic mass is 32.2. The van der Waals surface area contributed by atoms with Crippen LogP contribution < -0.4 is 0 Å². The molecule has 128 valence electrons. The van der Waals surface area contributed by atoms with Crippen LogP contribution in [-0.4, -0.2) is 79.3 Å². The zero-order valence-corrected chi connectivity index (χ0v) is 14.7. The van der Waals surface area contributed by atoms with E-state index in [1.807, 2.05) is 27.7 Å². The van der Waals surface area contributed by atoms with Gasteiger partial charge in [0.1, 0.15) is 0 Å². The molecule has 7 nitrogen and oxygen atoms in total. The third-order valence-corrected chi connectivity index (χ3v) is 5.84. The van der Waals surface area contributed by atoms with Crippen LogP contribution in [0.1, 0.15) is 27.7 Å². The molecule has 2 heterocycles. The minimum Gasteiger partial charge on any atom is -0.373 e. The van der Waals surface area contributed by atoms with Crippen molar-refractivity contribution in [3.8, 4) is 0 Å². The fourth-order valence-corrected chi connectivity index (χ4v) is 4.54. The topological polar surface area (TPSA) is 70.2 Å². The van der Waals surface area contributed by atoms with Crippen LogP contribution in [0.25, 0.3) is 0 Å². The summed E-state index contributed by atoms with van der Waals surface area (Å²) in [5, 5.41) is 0. The molecule has 2 saturated heterocycles. The number of hydrogen-bond acceptors (Lipinski definition) is 4. The minimum absolute atomic E-state index is 0.0627. The molecule has 0 atom stereocenters. The predicted molar refractivity (Wildman–Crippen MR) is 83.5 cm³/mol. The zero-order valence-electron chi connectivity index (χ0n) is 13.9. The lowest BCUT2D eigenvalue weighted by Crippen LogP contribution is -2.59. The molecule has 0 N–H and O–H groups in total. The van der Waals surface area contributed by atoms with Gasteiger partial charge in [0.25, 0.3) is 10.2 Å². The van der Waals surface area contributed by atoms with Crippen molar-refractivity contribution >= 4 is 16.1 Å². The van der Waals surface area contributed by atoms with E-state index in [0.717, 1.165) is 0 Å². The molecule has 1 amide bonds. The summed E-state index contributed by atoms with van der Waals surface area (Å²) in [6.45, 7) is 10.3. The average molecular weight is 333 g/mol. The van der Waals surface area contributed by atoms with Crippen LogP contribution in [0.3, 0.4) is 0 Å². The van der Waals surface area contributed by atoms with Gasteiger partial charge in [-0.2, -0.15) is 17.0 Å². The van der Waals surface area contributed by atoms with E-state index < -0.39 is 15.8 Å². The van der Waals surface area contributed by atoms with E-state index in [1.54, 1.807) is 4.90 Å². The van der Waals surface area contributed by atoms with E-state index in [2.05, 4.69) is 0 Å². The number of nitrogens with zero attached hydrogens (tertiary/aromatic N) is 3. The van der Waals surface area contributed by atoms with Crippen molar-refractivity contribution in [2.24, 2.45) is 5.92 Å². The molecule has 2 fully saturated rings. The first kappa shape index (κ1) is 17.7. The molecule has 0 radical (unpaired) electrons. The number of morpholine rings is 1. The van der Waals surface area contributed by atoms with E-state index >= 15 is 0 Å². The largest absolute Gasteiger partial charge is 0.373 e. The van der Waals surface area contributed by atoms with E-state index in [9.17, 15) is 13.2 Å². The van der Waals surface area contributed by atoms with Crippen LogP contribution >= 0.6 is 0 Å². The number of piperazine rings is 1. The summed E-state index contributed by atoms with van der Waals surface area (Å²) in [7, 11) is -3.60. The summed E-state index contributed by atoms with van der Waals surface area (Å²) in [6, 6.07) is 0. The molecule has 0 spiro atoms. The first-order valence-electron chi connectivity index (χ1n) is 7.79. The summed E-state index contributed by atoms with van der Waals surface area (Å²) < 4.78 is 33.7. The molecule has 22 heavy (non-hydrogen) atoms. The van der Waals surface area contributed by atoms with Gasteiger partial charge in [-0.3, -0.25) is 4.79 Å². The van der Waals surface area contributed by atoms with Crippen LogP contribution in [0, 0.1) is 5.92 Å². The second-order valence-corrected chi connectivity index (χ2v) is 8.95. The van der Waals surface area contributed by atoms with E-state index in [4.69, 9.17) is 4.74 Å². The molecular formula is C14H27N3O4S. The Bertz CT molecular complexity index is 518. The number of carbonyl (C=O) groups excluding carboxylic acids is 1. The molecule has 0 aromatic rings. The van der Waals surface area contributed by atoms with Gasteiger partial charge in [-0.25, -0.2) is 0 Å². The van der Waals surface area contributed by atoms with Crippen LogP contribution in [0.2, 0.25) is 0 Å². The summed E-state index contributed by atoms with van der Waals surface area (Å²) in [5.41, 5.74) is -0.491. The lowest BCUT2D eigenvalue weighted by molar-refractivity contribution is -0.134. The molecule has 0 unspecified atom stereocenters. The third-order valence-electron chi connectivity index (χ3n) is 3.91. The molecular weight excluding hydrogens is 306 g/mol. The number of carbonyl (C=O) groups is 1. The first-order chi connectivity index (χ1) is 10.1. The second kappa shape index (κ2) is 6.43. The SMILES string of the molecule is CC(C)CN1CCN(S(=O)(=O)N2CCOC(C)(C)C2)CC1=O. The number of ether oxygens (including phenoxy) is 1. The number of hydrogen-bond donors (Lipinski definition) is 0. The first-order valence-corrected chi connectivity index (χ1v) is 9.18. The quantitative estimate of drug-likeness (QED) is 0.734. The summed E-state index contributed by atoms with van der Waals surface area (Å²) in [4.78, 5) is 13.9. The van der Waals surface area contributed by atoms with Crippen molar-refractivity contribution in [3.63, 3.8) is 0 Å². The average Bonchev–Trinajstić information content (AvgIpc) is 2.39. The predicted octanol–water partition coefficient (Wildman–Crippen LogP) is 0.142. The van der Waals surface area contributed by atoms with Crippen molar-refractivity contribution in [1.82, 2.24) is 13.5 Å². The molecule has 0 aromatic heterocycles. The van der Waals surface area contributed by atoms with Gasteiger partial charge in [-0.1, -0.05) is 13.8 Å². The summed E-state index contributed by atoms with van der Waals surface area (Å²) in [5.74, 6) is 0.267. The maximum Gasteiger partial charge on any atom is 0.282 e. The van der Waals surface area contributed by atoms with Crippen LogP contribution in [-0.2, 0) is 19.7 Å². The molecule has 2 aliphatic heterocycles. The van der Waals surface area contributed by atoms with Crippen molar-refractivity contribution in [2.45, 2.75) is 33.3 Å². The fraction of sp³-hybridized carbons (Fsp3) is 0.929. The highest BCUT2D eigenvalue weighted by Crippen LogP contribution is 2.22.